The second-order valence-electron chi connectivity index (χ2n) is 4.30. The number of nitrogens with zero attached hydrogens (tertiary/aromatic N) is 1. The van der Waals surface area contributed by atoms with Gasteiger partial charge in [0, 0.05) is 6.04 Å². The minimum Gasteiger partial charge on any atom is -0.304 e. The van der Waals surface area contributed by atoms with Crippen molar-refractivity contribution >= 4 is 17.2 Å². The average molecular weight is 213 g/mol. The van der Waals surface area contributed by atoms with E-state index in [1.54, 1.807) is 10.6 Å². The quantitative estimate of drug-likeness (QED) is 0.679. The molecule has 3 nitrogen and oxygen atoms in total. The summed E-state index contributed by atoms with van der Waals surface area (Å²) in [4.78, 5) is 22.9. The van der Waals surface area contributed by atoms with Gasteiger partial charge in [-0.1, -0.05) is 18.2 Å². The van der Waals surface area contributed by atoms with Gasteiger partial charge >= 0.3 is 0 Å². The van der Waals surface area contributed by atoms with Crippen molar-refractivity contribution < 1.29 is 4.79 Å². The van der Waals surface area contributed by atoms with Crippen LogP contribution in [0.15, 0.2) is 29.1 Å². The molecule has 1 atom stereocenters. The molecule has 1 aromatic heterocycles. The maximum absolute atomic E-state index is 12.0. The molecule has 0 radical (unpaired) electrons. The fourth-order valence-electron chi connectivity index (χ4n) is 2.57. The topological polar surface area (TPSA) is 39.1 Å². The number of aromatic nitrogens is 1. The number of hydrogen-bond acceptors (Lipinski definition) is 2. The predicted molar refractivity (Wildman–Crippen MR) is 62.0 cm³/mol. The van der Waals surface area contributed by atoms with Crippen LogP contribution in [0.2, 0.25) is 0 Å². The van der Waals surface area contributed by atoms with Crippen molar-refractivity contribution in [3.8, 4) is 0 Å². The SMILES string of the molecule is CC1Cc2cccc3cc(C=O)c(=O)n1c23. The van der Waals surface area contributed by atoms with Gasteiger partial charge in [0.15, 0.2) is 6.29 Å². The van der Waals surface area contributed by atoms with E-state index < -0.39 is 0 Å². The lowest BCUT2D eigenvalue weighted by Crippen LogP contribution is -2.24. The summed E-state index contributed by atoms with van der Waals surface area (Å²) in [5, 5.41) is 0.976. The number of para-hydroxylation sites is 1. The largest absolute Gasteiger partial charge is 0.304 e. The third-order valence-electron chi connectivity index (χ3n) is 3.25. The molecule has 1 aromatic carbocycles. The minimum absolute atomic E-state index is 0.146. The summed E-state index contributed by atoms with van der Waals surface area (Å²) in [6.45, 7) is 2.01. The van der Waals surface area contributed by atoms with Crippen molar-refractivity contribution in [2.24, 2.45) is 0 Å². The zero-order valence-electron chi connectivity index (χ0n) is 8.93. The second-order valence-corrected chi connectivity index (χ2v) is 4.30. The van der Waals surface area contributed by atoms with Crippen molar-refractivity contribution in [1.29, 1.82) is 0 Å². The fourth-order valence-corrected chi connectivity index (χ4v) is 2.57. The van der Waals surface area contributed by atoms with E-state index in [4.69, 9.17) is 0 Å². The van der Waals surface area contributed by atoms with Gasteiger partial charge in [-0.2, -0.15) is 0 Å². The molecule has 0 N–H and O–H groups in total. The molecule has 0 aliphatic carbocycles. The van der Waals surface area contributed by atoms with Gasteiger partial charge in [0.05, 0.1) is 11.1 Å². The van der Waals surface area contributed by atoms with Gasteiger partial charge in [0.1, 0.15) is 0 Å². The maximum Gasteiger partial charge on any atom is 0.261 e. The third kappa shape index (κ3) is 1.03. The molecular formula is C13H11NO2. The second kappa shape index (κ2) is 3.04. The molecule has 0 saturated heterocycles. The van der Waals surface area contributed by atoms with Crippen LogP contribution in [-0.2, 0) is 6.42 Å². The summed E-state index contributed by atoms with van der Waals surface area (Å²) in [6.07, 6.45) is 1.51. The van der Waals surface area contributed by atoms with Gasteiger partial charge in [-0.25, -0.2) is 0 Å². The van der Waals surface area contributed by atoms with E-state index in [0.29, 0.717) is 6.29 Å². The van der Waals surface area contributed by atoms with Crippen LogP contribution in [0.5, 0.6) is 0 Å². The highest BCUT2D eigenvalue weighted by Gasteiger charge is 2.22. The van der Waals surface area contributed by atoms with E-state index in [2.05, 4.69) is 0 Å². The Morgan fingerprint density at radius 1 is 1.44 bits per heavy atom. The molecular weight excluding hydrogens is 202 g/mol. The molecule has 1 unspecified atom stereocenters. The van der Waals surface area contributed by atoms with Crippen molar-refractivity contribution in [2.75, 3.05) is 0 Å². The highest BCUT2D eigenvalue weighted by molar-refractivity contribution is 5.89. The van der Waals surface area contributed by atoms with Crippen LogP contribution in [0.3, 0.4) is 0 Å². The normalized spacial score (nSPS) is 17.9. The standard InChI is InChI=1S/C13H11NO2/c1-8-5-9-3-2-4-10-6-11(7-15)13(16)14(8)12(9)10/h2-4,6-8H,5H2,1H3. The zero-order chi connectivity index (χ0) is 11.3. The number of hydrogen-bond donors (Lipinski definition) is 0. The third-order valence-corrected chi connectivity index (χ3v) is 3.25. The lowest BCUT2D eigenvalue weighted by Gasteiger charge is -2.09. The lowest BCUT2D eigenvalue weighted by atomic mass is 10.1. The Kier molecular flexibility index (Phi) is 1.78. The van der Waals surface area contributed by atoms with E-state index >= 15 is 0 Å². The van der Waals surface area contributed by atoms with E-state index in [9.17, 15) is 9.59 Å². The molecule has 0 fully saturated rings. The first-order valence-electron chi connectivity index (χ1n) is 5.34. The molecule has 2 heterocycles. The van der Waals surface area contributed by atoms with Gasteiger partial charge in [0.2, 0.25) is 0 Å². The molecule has 16 heavy (non-hydrogen) atoms. The zero-order valence-corrected chi connectivity index (χ0v) is 8.93. The van der Waals surface area contributed by atoms with Gasteiger partial charge in [-0.3, -0.25) is 9.59 Å². The molecule has 3 rings (SSSR count). The molecule has 2 aromatic rings. The molecule has 0 spiro atoms. The van der Waals surface area contributed by atoms with Gasteiger partial charge in [-0.15, -0.1) is 0 Å². The van der Waals surface area contributed by atoms with Crippen LogP contribution < -0.4 is 5.56 Å². The Balaban J connectivity index is 2.57. The molecule has 0 saturated carbocycles. The number of aldehydes is 1. The predicted octanol–water partition coefficient (Wildman–Crippen LogP) is 1.93. The van der Waals surface area contributed by atoms with Crippen LogP contribution in [0.1, 0.15) is 28.9 Å². The summed E-state index contributed by atoms with van der Waals surface area (Å²) in [6, 6.07) is 7.79. The van der Waals surface area contributed by atoms with Crippen LogP contribution in [0, 0.1) is 0 Å². The van der Waals surface area contributed by atoms with Gasteiger partial charge < -0.3 is 4.57 Å². The molecule has 0 amide bonds. The van der Waals surface area contributed by atoms with Crippen LogP contribution >= 0.6 is 0 Å². The number of benzene rings is 1. The maximum atomic E-state index is 12.0. The molecule has 80 valence electrons. The van der Waals surface area contributed by atoms with Gasteiger partial charge in [-0.05, 0) is 30.4 Å². The molecule has 3 heteroatoms. The number of rotatable bonds is 1. The Morgan fingerprint density at radius 2 is 2.25 bits per heavy atom. The van der Waals surface area contributed by atoms with E-state index in [1.165, 1.54) is 5.56 Å². The van der Waals surface area contributed by atoms with E-state index in [0.717, 1.165) is 17.3 Å². The summed E-state index contributed by atoms with van der Waals surface area (Å²) in [5.41, 5.74) is 2.27. The van der Waals surface area contributed by atoms with Crippen LogP contribution in [0.4, 0.5) is 0 Å². The Morgan fingerprint density at radius 3 is 3.00 bits per heavy atom. The van der Waals surface area contributed by atoms with Gasteiger partial charge in [0.25, 0.3) is 5.56 Å². The summed E-state index contributed by atoms with van der Waals surface area (Å²) in [7, 11) is 0. The number of carbonyl (C=O) groups excluding carboxylic acids is 1. The highest BCUT2D eigenvalue weighted by atomic mass is 16.1. The van der Waals surface area contributed by atoms with Crippen molar-refractivity contribution in [3.63, 3.8) is 0 Å². The van der Waals surface area contributed by atoms with E-state index in [-0.39, 0.29) is 17.2 Å². The van der Waals surface area contributed by atoms with Crippen molar-refractivity contribution in [2.45, 2.75) is 19.4 Å². The first-order valence-corrected chi connectivity index (χ1v) is 5.34. The summed E-state index contributed by atoms with van der Waals surface area (Å²) >= 11 is 0. The fraction of sp³-hybridized carbons (Fsp3) is 0.231. The first-order chi connectivity index (χ1) is 7.72. The Labute approximate surface area is 92.3 Å². The molecule has 1 aliphatic rings. The smallest absolute Gasteiger partial charge is 0.261 e. The Bertz CT molecular complexity index is 655. The number of carbonyl (C=O) groups is 1. The monoisotopic (exact) mass is 213 g/mol. The molecule has 1 aliphatic heterocycles. The average Bonchev–Trinajstić information content (AvgIpc) is 2.61. The van der Waals surface area contributed by atoms with E-state index in [1.807, 2.05) is 25.1 Å². The number of pyridine rings is 1. The minimum atomic E-state index is -0.167. The lowest BCUT2D eigenvalue weighted by molar-refractivity contribution is 0.112. The van der Waals surface area contributed by atoms with Crippen molar-refractivity contribution in [3.05, 3.63) is 45.7 Å². The molecule has 0 bridgehead atoms. The summed E-state index contributed by atoms with van der Waals surface area (Å²) in [5.74, 6) is 0. The van der Waals surface area contributed by atoms with Crippen LogP contribution in [0.25, 0.3) is 10.9 Å². The van der Waals surface area contributed by atoms with Crippen LogP contribution in [-0.4, -0.2) is 10.9 Å². The Hall–Kier alpha value is -1.90. The summed E-state index contributed by atoms with van der Waals surface area (Å²) < 4.78 is 1.74. The highest BCUT2D eigenvalue weighted by Crippen LogP contribution is 2.30. The van der Waals surface area contributed by atoms with Crippen molar-refractivity contribution in [1.82, 2.24) is 4.57 Å². The first kappa shape index (κ1) is 9.33.